The van der Waals surface area contributed by atoms with Gasteiger partial charge in [0.1, 0.15) is 11.1 Å². The zero-order valence-electron chi connectivity index (χ0n) is 10.8. The number of carbonyl (C=O) groups is 1. The molecule has 0 aliphatic heterocycles. The van der Waals surface area contributed by atoms with Gasteiger partial charge in [-0.2, -0.15) is 5.10 Å². The third kappa shape index (κ3) is 3.68. The molecule has 0 saturated carbocycles. The van der Waals surface area contributed by atoms with Crippen LogP contribution in [-0.4, -0.2) is 33.4 Å². The Balaban J connectivity index is 3.06. The number of primary amides is 1. The molecule has 106 valence electrons. The van der Waals surface area contributed by atoms with Gasteiger partial charge in [-0.25, -0.2) is 4.68 Å². The molecule has 0 aliphatic rings. The maximum Gasteiger partial charge on any atom is 0.287 e. The summed E-state index contributed by atoms with van der Waals surface area (Å²) in [5, 5.41) is 15.3. The fraction of sp³-hybridized carbons (Fsp3) is 0.545. The predicted octanol–water partition coefficient (Wildman–Crippen LogP) is -0.189. The van der Waals surface area contributed by atoms with E-state index in [9.17, 15) is 9.59 Å². The zero-order valence-corrected chi connectivity index (χ0v) is 11.5. The van der Waals surface area contributed by atoms with Crippen LogP contribution in [-0.2, 0) is 11.3 Å². The number of amides is 1. The van der Waals surface area contributed by atoms with E-state index in [-0.39, 0.29) is 29.8 Å². The quantitative estimate of drug-likeness (QED) is 0.672. The SMILES string of the molecule is CC(C)C(Nc1cnn(CCO)c(=O)c1Cl)C(N)=O. The van der Waals surface area contributed by atoms with Gasteiger partial charge >= 0.3 is 0 Å². The molecule has 0 aromatic carbocycles. The molecule has 1 aromatic rings. The molecule has 7 nitrogen and oxygen atoms in total. The third-order valence-electron chi connectivity index (χ3n) is 2.58. The minimum absolute atomic E-state index is 0.0578. The van der Waals surface area contributed by atoms with Crippen LogP contribution in [0.15, 0.2) is 11.0 Å². The van der Waals surface area contributed by atoms with E-state index in [0.29, 0.717) is 0 Å². The van der Waals surface area contributed by atoms with Crippen LogP contribution in [0.4, 0.5) is 5.69 Å². The van der Waals surface area contributed by atoms with Crippen LogP contribution in [0.3, 0.4) is 0 Å². The normalized spacial score (nSPS) is 12.5. The molecule has 0 radical (unpaired) electrons. The van der Waals surface area contributed by atoms with Crippen molar-refractivity contribution in [2.24, 2.45) is 11.7 Å². The number of hydrogen-bond donors (Lipinski definition) is 3. The summed E-state index contributed by atoms with van der Waals surface area (Å²) < 4.78 is 1.04. The Hall–Kier alpha value is -1.60. The van der Waals surface area contributed by atoms with Crippen LogP contribution in [0.5, 0.6) is 0 Å². The van der Waals surface area contributed by atoms with Gasteiger partial charge in [-0.1, -0.05) is 25.4 Å². The number of carbonyl (C=O) groups excluding carboxylic acids is 1. The fourth-order valence-corrected chi connectivity index (χ4v) is 1.75. The van der Waals surface area contributed by atoms with Crippen molar-refractivity contribution < 1.29 is 9.90 Å². The van der Waals surface area contributed by atoms with Crippen molar-refractivity contribution in [1.82, 2.24) is 9.78 Å². The van der Waals surface area contributed by atoms with Gasteiger partial charge in [0.15, 0.2) is 0 Å². The molecule has 0 aliphatic carbocycles. The number of nitrogens with zero attached hydrogens (tertiary/aromatic N) is 2. The van der Waals surface area contributed by atoms with Crippen LogP contribution in [0.2, 0.25) is 5.02 Å². The monoisotopic (exact) mass is 288 g/mol. The second-order valence-electron chi connectivity index (χ2n) is 4.39. The molecule has 1 atom stereocenters. The van der Waals surface area contributed by atoms with E-state index in [2.05, 4.69) is 10.4 Å². The Morgan fingerprint density at radius 3 is 2.74 bits per heavy atom. The Kier molecular flexibility index (Phi) is 5.31. The molecular weight excluding hydrogens is 272 g/mol. The number of nitrogens with two attached hydrogens (primary N) is 1. The maximum atomic E-state index is 11.8. The van der Waals surface area contributed by atoms with Gasteiger partial charge in [0.2, 0.25) is 5.91 Å². The first-order valence-electron chi connectivity index (χ1n) is 5.80. The van der Waals surface area contributed by atoms with E-state index in [0.717, 1.165) is 4.68 Å². The Labute approximate surface area is 115 Å². The Morgan fingerprint density at radius 2 is 2.26 bits per heavy atom. The summed E-state index contributed by atoms with van der Waals surface area (Å²) in [6, 6.07) is -0.646. The lowest BCUT2D eigenvalue weighted by atomic mass is 10.0. The first kappa shape index (κ1) is 15.5. The van der Waals surface area contributed by atoms with Gasteiger partial charge in [-0.15, -0.1) is 0 Å². The molecule has 4 N–H and O–H groups in total. The Morgan fingerprint density at radius 1 is 1.63 bits per heavy atom. The largest absolute Gasteiger partial charge is 0.394 e. The van der Waals surface area contributed by atoms with E-state index in [1.54, 1.807) is 0 Å². The summed E-state index contributed by atoms with van der Waals surface area (Å²) in [5.41, 5.74) is 4.98. The topological polar surface area (TPSA) is 110 Å². The highest BCUT2D eigenvalue weighted by Crippen LogP contribution is 2.18. The summed E-state index contributed by atoms with van der Waals surface area (Å²) >= 11 is 5.92. The zero-order chi connectivity index (χ0) is 14.6. The van der Waals surface area contributed by atoms with Crippen molar-refractivity contribution >= 4 is 23.2 Å². The highest BCUT2D eigenvalue weighted by Gasteiger charge is 2.21. The van der Waals surface area contributed by atoms with Gasteiger partial charge < -0.3 is 16.2 Å². The molecule has 1 aromatic heterocycles. The number of anilines is 1. The summed E-state index contributed by atoms with van der Waals surface area (Å²) in [6.07, 6.45) is 1.33. The smallest absolute Gasteiger partial charge is 0.287 e. The van der Waals surface area contributed by atoms with Crippen LogP contribution in [0, 0.1) is 5.92 Å². The number of nitrogens with one attached hydrogen (secondary N) is 1. The molecular formula is C11H17ClN4O3. The van der Waals surface area contributed by atoms with Crippen molar-refractivity contribution in [2.75, 3.05) is 11.9 Å². The van der Waals surface area contributed by atoms with E-state index in [1.165, 1.54) is 6.20 Å². The molecule has 0 fully saturated rings. The average Bonchev–Trinajstić information content (AvgIpc) is 2.33. The molecule has 1 rings (SSSR count). The number of aliphatic hydroxyl groups excluding tert-OH is 1. The molecule has 8 heteroatoms. The van der Waals surface area contributed by atoms with E-state index in [4.69, 9.17) is 22.4 Å². The summed E-state index contributed by atoms with van der Waals surface area (Å²) in [7, 11) is 0. The fourth-order valence-electron chi connectivity index (χ4n) is 1.55. The Bertz CT molecular complexity index is 515. The lowest BCUT2D eigenvalue weighted by Gasteiger charge is -2.20. The van der Waals surface area contributed by atoms with Crippen LogP contribution in [0.25, 0.3) is 0 Å². The second-order valence-corrected chi connectivity index (χ2v) is 4.77. The number of halogens is 1. The maximum absolute atomic E-state index is 11.8. The van der Waals surface area contributed by atoms with Gasteiger partial charge in [0.25, 0.3) is 5.56 Å². The van der Waals surface area contributed by atoms with Crippen molar-refractivity contribution in [3.8, 4) is 0 Å². The van der Waals surface area contributed by atoms with Gasteiger partial charge in [0.05, 0.1) is 25.0 Å². The molecule has 0 spiro atoms. The number of aromatic nitrogens is 2. The molecule has 0 bridgehead atoms. The van der Waals surface area contributed by atoms with Crippen molar-refractivity contribution in [2.45, 2.75) is 26.4 Å². The van der Waals surface area contributed by atoms with Crippen molar-refractivity contribution in [1.29, 1.82) is 0 Å². The molecule has 19 heavy (non-hydrogen) atoms. The van der Waals surface area contributed by atoms with Crippen molar-refractivity contribution in [3.05, 3.63) is 21.6 Å². The molecule has 1 heterocycles. The molecule has 0 saturated heterocycles. The highest BCUT2D eigenvalue weighted by molar-refractivity contribution is 6.33. The van der Waals surface area contributed by atoms with Crippen molar-refractivity contribution in [3.63, 3.8) is 0 Å². The summed E-state index contributed by atoms with van der Waals surface area (Å²) in [5.74, 6) is -0.598. The predicted molar refractivity (Wildman–Crippen MR) is 72.0 cm³/mol. The molecule has 1 amide bonds. The number of hydrogen-bond acceptors (Lipinski definition) is 5. The van der Waals surface area contributed by atoms with Crippen LogP contribution < -0.4 is 16.6 Å². The van der Waals surface area contributed by atoms with E-state index < -0.39 is 17.5 Å². The number of rotatable bonds is 6. The van der Waals surface area contributed by atoms with E-state index in [1.807, 2.05) is 13.8 Å². The molecule has 1 unspecified atom stereocenters. The van der Waals surface area contributed by atoms with Gasteiger partial charge in [-0.3, -0.25) is 9.59 Å². The lowest BCUT2D eigenvalue weighted by Crippen LogP contribution is -2.40. The highest BCUT2D eigenvalue weighted by atomic mass is 35.5. The third-order valence-corrected chi connectivity index (χ3v) is 2.95. The minimum atomic E-state index is -0.646. The number of aliphatic hydroxyl groups is 1. The van der Waals surface area contributed by atoms with Crippen LogP contribution >= 0.6 is 11.6 Å². The van der Waals surface area contributed by atoms with Crippen LogP contribution in [0.1, 0.15) is 13.8 Å². The summed E-state index contributed by atoms with van der Waals surface area (Å²) in [4.78, 5) is 23.1. The first-order valence-corrected chi connectivity index (χ1v) is 6.18. The van der Waals surface area contributed by atoms with Gasteiger partial charge in [-0.05, 0) is 5.92 Å². The average molecular weight is 289 g/mol. The first-order chi connectivity index (χ1) is 8.88. The van der Waals surface area contributed by atoms with Gasteiger partial charge in [0, 0.05) is 0 Å². The van der Waals surface area contributed by atoms with E-state index >= 15 is 0 Å². The summed E-state index contributed by atoms with van der Waals surface area (Å²) in [6.45, 7) is 3.47. The lowest BCUT2D eigenvalue weighted by molar-refractivity contribution is -0.119. The standard InChI is InChI=1S/C11H17ClN4O3/c1-6(2)9(10(13)18)15-7-5-14-16(3-4-17)11(19)8(7)12/h5-6,9,15,17H,3-4H2,1-2H3,(H2,13,18). The second kappa shape index (κ2) is 6.53. The minimum Gasteiger partial charge on any atom is -0.394 e.